The number of thiocarbonyl (C=S) groups is 1. The Labute approximate surface area is 118 Å². The number of hydrogen-bond acceptors (Lipinski definition) is 3. The van der Waals surface area contributed by atoms with Crippen LogP contribution in [-0.2, 0) is 0 Å². The first kappa shape index (κ1) is 13.4. The highest BCUT2D eigenvalue weighted by molar-refractivity contribution is 7.80. The third kappa shape index (κ3) is 3.03. The molecule has 2 rings (SSSR count). The first-order valence-corrected chi connectivity index (χ1v) is 6.33. The quantitative estimate of drug-likeness (QED) is 0.838. The highest BCUT2D eigenvalue weighted by Crippen LogP contribution is 2.29. The van der Waals surface area contributed by atoms with Gasteiger partial charge in [-0.05, 0) is 36.8 Å². The molecule has 0 spiro atoms. The molecule has 0 saturated heterocycles. The summed E-state index contributed by atoms with van der Waals surface area (Å²) in [6.45, 7) is 2.02. The van der Waals surface area contributed by atoms with Crippen LogP contribution in [0.1, 0.15) is 11.1 Å². The molecule has 0 unspecified atom stereocenters. The van der Waals surface area contributed by atoms with Crippen LogP contribution in [0.2, 0.25) is 0 Å². The van der Waals surface area contributed by atoms with E-state index in [9.17, 15) is 0 Å². The minimum absolute atomic E-state index is 0.373. The van der Waals surface area contributed by atoms with Crippen molar-refractivity contribution in [1.82, 2.24) is 0 Å². The molecule has 19 heavy (non-hydrogen) atoms. The Balaban J connectivity index is 2.42. The van der Waals surface area contributed by atoms with Gasteiger partial charge >= 0.3 is 0 Å². The normalized spacial score (nSPS) is 10.0. The van der Waals surface area contributed by atoms with E-state index in [0.717, 1.165) is 28.3 Å². The van der Waals surface area contributed by atoms with Crippen LogP contribution >= 0.6 is 12.2 Å². The second-order valence-electron chi connectivity index (χ2n) is 4.24. The number of anilines is 2. The van der Waals surface area contributed by atoms with Gasteiger partial charge in [0.2, 0.25) is 0 Å². The van der Waals surface area contributed by atoms with Gasteiger partial charge in [0, 0.05) is 11.3 Å². The molecule has 4 heteroatoms. The molecule has 2 aromatic rings. The summed E-state index contributed by atoms with van der Waals surface area (Å²) in [5, 5.41) is 3.32. The maximum Gasteiger partial charge on any atom is 0.142 e. The maximum absolute atomic E-state index is 5.75. The van der Waals surface area contributed by atoms with E-state index < -0.39 is 0 Å². The van der Waals surface area contributed by atoms with Crippen molar-refractivity contribution in [2.75, 3.05) is 12.4 Å². The summed E-state index contributed by atoms with van der Waals surface area (Å²) in [5.74, 6) is 0.776. The zero-order chi connectivity index (χ0) is 13.8. The molecule has 0 heterocycles. The molecule has 0 aliphatic carbocycles. The van der Waals surface area contributed by atoms with Gasteiger partial charge in [0.15, 0.2) is 0 Å². The molecule has 0 aliphatic heterocycles. The Morgan fingerprint density at radius 1 is 1.16 bits per heavy atom. The largest absolute Gasteiger partial charge is 0.495 e. The number of hydrogen-bond donors (Lipinski definition) is 2. The predicted molar refractivity (Wildman–Crippen MR) is 83.3 cm³/mol. The molecule has 3 N–H and O–H groups in total. The molecule has 3 nitrogen and oxygen atoms in total. The lowest BCUT2D eigenvalue weighted by molar-refractivity contribution is 0.417. The van der Waals surface area contributed by atoms with Gasteiger partial charge in [-0.1, -0.05) is 30.4 Å². The number of para-hydroxylation sites is 2. The maximum atomic E-state index is 5.75. The first-order chi connectivity index (χ1) is 9.11. The summed E-state index contributed by atoms with van der Waals surface area (Å²) in [5.41, 5.74) is 9.48. The van der Waals surface area contributed by atoms with Crippen LogP contribution in [0.4, 0.5) is 11.4 Å². The number of nitrogens with two attached hydrogens (primary N) is 1. The fourth-order valence-corrected chi connectivity index (χ4v) is 2.05. The number of benzene rings is 2. The summed E-state index contributed by atoms with van der Waals surface area (Å²) in [6, 6.07) is 13.6. The number of rotatable bonds is 4. The van der Waals surface area contributed by atoms with E-state index >= 15 is 0 Å². The van der Waals surface area contributed by atoms with Gasteiger partial charge in [-0.2, -0.15) is 0 Å². The van der Waals surface area contributed by atoms with Crippen LogP contribution in [0.3, 0.4) is 0 Å². The number of nitrogens with one attached hydrogen (secondary N) is 1. The van der Waals surface area contributed by atoms with Crippen LogP contribution in [0.25, 0.3) is 0 Å². The molecule has 0 atom stereocenters. The summed E-state index contributed by atoms with van der Waals surface area (Å²) in [6.07, 6.45) is 0. The van der Waals surface area contributed by atoms with Crippen molar-refractivity contribution in [3.63, 3.8) is 0 Å². The van der Waals surface area contributed by atoms with E-state index in [2.05, 4.69) is 5.32 Å². The van der Waals surface area contributed by atoms with Crippen molar-refractivity contribution in [1.29, 1.82) is 0 Å². The van der Waals surface area contributed by atoms with Crippen molar-refractivity contribution in [3.8, 4) is 5.75 Å². The molecule has 98 valence electrons. The monoisotopic (exact) mass is 272 g/mol. The zero-order valence-corrected chi connectivity index (χ0v) is 11.8. The molecule has 0 bridgehead atoms. The van der Waals surface area contributed by atoms with E-state index in [1.807, 2.05) is 49.4 Å². The van der Waals surface area contributed by atoms with Crippen molar-refractivity contribution in [3.05, 3.63) is 53.6 Å². The topological polar surface area (TPSA) is 47.3 Å². The molecular formula is C15H16N2OS. The molecule has 0 radical (unpaired) electrons. The minimum atomic E-state index is 0.373. The van der Waals surface area contributed by atoms with Crippen molar-refractivity contribution >= 4 is 28.6 Å². The predicted octanol–water partition coefficient (Wildman–Crippen LogP) is 3.38. The Bertz CT molecular complexity index is 611. The summed E-state index contributed by atoms with van der Waals surface area (Å²) >= 11 is 5.08. The average Bonchev–Trinajstić information content (AvgIpc) is 2.39. The third-order valence-corrected chi connectivity index (χ3v) is 3.04. The van der Waals surface area contributed by atoms with E-state index in [4.69, 9.17) is 22.7 Å². The molecule has 0 saturated carbocycles. The molecule has 0 fully saturated rings. The van der Waals surface area contributed by atoms with Gasteiger partial charge in [-0.3, -0.25) is 0 Å². The van der Waals surface area contributed by atoms with Gasteiger partial charge < -0.3 is 15.8 Å². The lowest BCUT2D eigenvalue weighted by atomic mass is 10.1. The van der Waals surface area contributed by atoms with Gasteiger partial charge in [-0.15, -0.1) is 0 Å². The third-order valence-electron chi connectivity index (χ3n) is 2.82. The fraction of sp³-hybridized carbons (Fsp3) is 0.133. The van der Waals surface area contributed by atoms with Crippen LogP contribution in [0.15, 0.2) is 42.5 Å². The Hall–Kier alpha value is -2.07. The number of aryl methyl sites for hydroxylation is 1. The van der Waals surface area contributed by atoms with Crippen molar-refractivity contribution in [2.45, 2.75) is 6.92 Å². The van der Waals surface area contributed by atoms with Crippen LogP contribution < -0.4 is 15.8 Å². The number of methoxy groups -OCH3 is 1. The lowest BCUT2D eigenvalue weighted by Gasteiger charge is -2.14. The van der Waals surface area contributed by atoms with Crippen molar-refractivity contribution < 1.29 is 4.74 Å². The van der Waals surface area contributed by atoms with E-state index in [1.165, 1.54) is 0 Å². The van der Waals surface area contributed by atoms with Gasteiger partial charge in [0.1, 0.15) is 10.7 Å². The summed E-state index contributed by atoms with van der Waals surface area (Å²) in [4.78, 5) is 0.373. The second-order valence-corrected chi connectivity index (χ2v) is 4.68. The van der Waals surface area contributed by atoms with Crippen molar-refractivity contribution in [2.24, 2.45) is 5.73 Å². The van der Waals surface area contributed by atoms with Crippen LogP contribution in [0.5, 0.6) is 5.75 Å². The van der Waals surface area contributed by atoms with Gasteiger partial charge in [-0.25, -0.2) is 0 Å². The number of ether oxygens (including phenoxy) is 1. The lowest BCUT2D eigenvalue weighted by Crippen LogP contribution is -2.12. The fourth-order valence-electron chi connectivity index (χ4n) is 1.87. The highest BCUT2D eigenvalue weighted by atomic mass is 32.1. The Morgan fingerprint density at radius 3 is 2.58 bits per heavy atom. The smallest absolute Gasteiger partial charge is 0.142 e. The molecular weight excluding hydrogens is 256 g/mol. The van der Waals surface area contributed by atoms with Gasteiger partial charge in [0.25, 0.3) is 0 Å². The zero-order valence-electron chi connectivity index (χ0n) is 10.9. The van der Waals surface area contributed by atoms with Crippen LogP contribution in [-0.4, -0.2) is 12.1 Å². The standard InChI is InChI=1S/C15H16N2OS/c1-10-7-8-11(15(16)19)13(9-10)17-12-5-3-4-6-14(12)18-2/h3-9,17H,1-2H3,(H2,16,19). The minimum Gasteiger partial charge on any atom is -0.495 e. The SMILES string of the molecule is COc1ccccc1Nc1cc(C)ccc1C(N)=S. The Kier molecular flexibility index (Phi) is 4.02. The summed E-state index contributed by atoms with van der Waals surface area (Å²) in [7, 11) is 1.64. The molecule has 2 aromatic carbocycles. The second kappa shape index (κ2) is 5.71. The Morgan fingerprint density at radius 2 is 1.89 bits per heavy atom. The van der Waals surface area contributed by atoms with E-state index in [1.54, 1.807) is 7.11 Å². The highest BCUT2D eigenvalue weighted by Gasteiger charge is 2.08. The molecule has 0 aliphatic rings. The molecule has 0 aromatic heterocycles. The van der Waals surface area contributed by atoms with E-state index in [0.29, 0.717) is 4.99 Å². The van der Waals surface area contributed by atoms with E-state index in [-0.39, 0.29) is 0 Å². The van der Waals surface area contributed by atoms with Gasteiger partial charge in [0.05, 0.1) is 12.8 Å². The first-order valence-electron chi connectivity index (χ1n) is 5.92. The van der Waals surface area contributed by atoms with Crippen LogP contribution in [0, 0.1) is 6.92 Å². The summed E-state index contributed by atoms with van der Waals surface area (Å²) < 4.78 is 5.32. The average molecular weight is 272 g/mol. The molecule has 0 amide bonds.